The van der Waals surface area contributed by atoms with Gasteiger partial charge in [-0.25, -0.2) is 19.7 Å². The van der Waals surface area contributed by atoms with Crippen molar-refractivity contribution in [3.8, 4) is 11.7 Å². The molecule has 3 heterocycles. The molecule has 0 amide bonds. The number of hydrogen-bond donors (Lipinski definition) is 1. The summed E-state index contributed by atoms with van der Waals surface area (Å²) in [5.41, 5.74) is -1.02. The minimum Gasteiger partial charge on any atom is -0.478 e. The quantitative estimate of drug-likeness (QED) is 0.645. The van der Waals surface area contributed by atoms with Crippen LogP contribution in [0.2, 0.25) is 0 Å². The van der Waals surface area contributed by atoms with E-state index in [2.05, 4.69) is 20.1 Å². The molecule has 3 aromatic heterocycles. The van der Waals surface area contributed by atoms with Gasteiger partial charge >= 0.3 is 12.1 Å². The van der Waals surface area contributed by atoms with Crippen molar-refractivity contribution in [1.29, 1.82) is 0 Å². The Labute approximate surface area is 155 Å². The van der Waals surface area contributed by atoms with Crippen LogP contribution in [0.1, 0.15) is 12.5 Å². The zero-order valence-corrected chi connectivity index (χ0v) is 14.4. The number of pyridine rings is 1. The molecule has 0 saturated heterocycles. The lowest BCUT2D eigenvalue weighted by molar-refractivity contribution is -0.148. The Bertz CT molecular complexity index is 992. The topological polar surface area (TPSA) is 112 Å². The van der Waals surface area contributed by atoms with Gasteiger partial charge in [0.2, 0.25) is 12.0 Å². The summed E-state index contributed by atoms with van der Waals surface area (Å²) in [7, 11) is 0. The number of nitrogens with zero attached hydrogens (tertiary/aromatic N) is 5. The van der Waals surface area contributed by atoms with Crippen LogP contribution in [0, 0.1) is 0 Å². The second-order valence-electron chi connectivity index (χ2n) is 5.45. The second-order valence-corrected chi connectivity index (χ2v) is 5.45. The molecule has 0 aliphatic heterocycles. The number of carboxylic acid groups (broad SMARTS) is 1. The number of aliphatic carboxylic acids is 1. The van der Waals surface area contributed by atoms with Crippen LogP contribution < -0.4 is 4.74 Å². The lowest BCUT2D eigenvalue weighted by Gasteiger charge is -2.14. The highest BCUT2D eigenvalue weighted by molar-refractivity contribution is 5.82. The van der Waals surface area contributed by atoms with Gasteiger partial charge in [-0.2, -0.15) is 23.0 Å². The zero-order chi connectivity index (χ0) is 20.3. The van der Waals surface area contributed by atoms with Crippen molar-refractivity contribution in [3.05, 3.63) is 36.4 Å². The van der Waals surface area contributed by atoms with Crippen LogP contribution in [0.4, 0.5) is 13.2 Å². The first-order chi connectivity index (χ1) is 13.3. The monoisotopic (exact) mass is 397 g/mol. The number of carboxylic acids is 1. The fourth-order valence-corrected chi connectivity index (χ4v) is 2.37. The van der Waals surface area contributed by atoms with E-state index in [1.54, 1.807) is 6.92 Å². The van der Waals surface area contributed by atoms with Gasteiger partial charge in [0, 0.05) is 12.8 Å². The maximum atomic E-state index is 13.3. The first-order valence-electron chi connectivity index (χ1n) is 8.01. The van der Waals surface area contributed by atoms with Crippen LogP contribution in [0.5, 0.6) is 5.88 Å². The lowest BCUT2D eigenvalue weighted by Crippen LogP contribution is -2.32. The Hall–Kier alpha value is -3.28. The molecular weight excluding hydrogens is 383 g/mol. The summed E-state index contributed by atoms with van der Waals surface area (Å²) in [4.78, 5) is 22.9. The number of ether oxygens (including phenoxy) is 2. The summed E-state index contributed by atoms with van der Waals surface area (Å²) in [5, 5.41) is 13.3. The van der Waals surface area contributed by atoms with E-state index in [0.29, 0.717) is 0 Å². The molecule has 28 heavy (non-hydrogen) atoms. The number of carbonyl (C=O) groups is 1. The summed E-state index contributed by atoms with van der Waals surface area (Å²) < 4.78 is 51.2. The summed E-state index contributed by atoms with van der Waals surface area (Å²) in [6.45, 7) is 1.74. The van der Waals surface area contributed by atoms with E-state index >= 15 is 0 Å². The largest absolute Gasteiger partial charge is 0.478 e. The van der Waals surface area contributed by atoms with E-state index in [-0.39, 0.29) is 30.1 Å². The third-order valence-corrected chi connectivity index (χ3v) is 3.62. The van der Waals surface area contributed by atoms with Crippen molar-refractivity contribution >= 4 is 17.0 Å². The highest BCUT2D eigenvalue weighted by Gasteiger charge is 2.35. The fraction of sp³-hybridized carbons (Fsp3) is 0.312. The van der Waals surface area contributed by atoms with Crippen LogP contribution >= 0.6 is 0 Å². The number of aromatic nitrogens is 5. The molecule has 0 aliphatic carbocycles. The molecule has 1 N–H and O–H groups in total. The minimum absolute atomic E-state index is 0.0188. The SMILES string of the molecule is CCOC[C@H](Oc1ncnc2c1cnn2-c1ncccc1C(F)(F)F)C(=O)O. The predicted molar refractivity (Wildman–Crippen MR) is 88.0 cm³/mol. The van der Waals surface area contributed by atoms with E-state index in [1.165, 1.54) is 12.4 Å². The number of alkyl halides is 3. The van der Waals surface area contributed by atoms with E-state index in [0.717, 1.165) is 23.1 Å². The van der Waals surface area contributed by atoms with E-state index in [9.17, 15) is 23.1 Å². The molecule has 9 nitrogen and oxygen atoms in total. The van der Waals surface area contributed by atoms with E-state index < -0.39 is 29.6 Å². The van der Waals surface area contributed by atoms with Gasteiger partial charge in [-0.1, -0.05) is 0 Å². The molecule has 0 radical (unpaired) electrons. The first-order valence-corrected chi connectivity index (χ1v) is 8.01. The molecule has 0 unspecified atom stereocenters. The van der Waals surface area contributed by atoms with Gasteiger partial charge in [-0.15, -0.1) is 0 Å². The molecule has 3 aromatic rings. The molecule has 3 rings (SSSR count). The average molecular weight is 397 g/mol. The van der Waals surface area contributed by atoms with Crippen LogP contribution in [-0.2, 0) is 15.7 Å². The standard InChI is InChI=1S/C16H14F3N5O4/c1-2-27-7-11(15(25)26)28-14-9-6-23-24(12(9)21-8-22-14)13-10(16(17,18)19)4-3-5-20-13/h3-6,8,11H,2,7H2,1H3,(H,25,26)/t11-/m0/s1. The third kappa shape index (κ3) is 3.86. The van der Waals surface area contributed by atoms with Gasteiger partial charge in [0.1, 0.15) is 17.3 Å². The Morgan fingerprint density at radius 2 is 2.11 bits per heavy atom. The predicted octanol–water partition coefficient (Wildman–Crippen LogP) is 2.10. The zero-order valence-electron chi connectivity index (χ0n) is 14.4. The molecule has 1 atom stereocenters. The Balaban J connectivity index is 2.04. The maximum Gasteiger partial charge on any atom is 0.420 e. The summed E-state index contributed by atoms with van der Waals surface area (Å²) in [6, 6.07) is 2.03. The molecular formula is C16H14F3N5O4. The summed E-state index contributed by atoms with van der Waals surface area (Å²) in [5.74, 6) is -1.90. The average Bonchev–Trinajstić information content (AvgIpc) is 3.09. The number of fused-ring (bicyclic) bond motifs is 1. The molecule has 12 heteroatoms. The van der Waals surface area contributed by atoms with Crippen molar-refractivity contribution in [2.45, 2.75) is 19.2 Å². The van der Waals surface area contributed by atoms with Gasteiger partial charge < -0.3 is 14.6 Å². The Morgan fingerprint density at radius 3 is 2.79 bits per heavy atom. The molecule has 0 aliphatic rings. The van der Waals surface area contributed by atoms with Crippen LogP contribution in [0.3, 0.4) is 0 Å². The van der Waals surface area contributed by atoms with Crippen LogP contribution in [0.25, 0.3) is 16.9 Å². The van der Waals surface area contributed by atoms with Gasteiger partial charge in [-0.3, -0.25) is 0 Å². The highest BCUT2D eigenvalue weighted by Crippen LogP contribution is 2.34. The van der Waals surface area contributed by atoms with Gasteiger partial charge in [0.25, 0.3) is 0 Å². The Kier molecular flexibility index (Phi) is 5.40. The van der Waals surface area contributed by atoms with Crippen LogP contribution in [0.15, 0.2) is 30.9 Å². The summed E-state index contributed by atoms with van der Waals surface area (Å²) >= 11 is 0. The molecule has 0 fully saturated rings. The molecule has 0 aromatic carbocycles. The lowest BCUT2D eigenvalue weighted by atomic mass is 10.2. The number of rotatable bonds is 7. The highest BCUT2D eigenvalue weighted by atomic mass is 19.4. The first kappa shape index (κ1) is 19.5. The van der Waals surface area contributed by atoms with Crippen molar-refractivity contribution in [1.82, 2.24) is 24.7 Å². The third-order valence-electron chi connectivity index (χ3n) is 3.62. The normalized spacial score (nSPS) is 12.9. The second kappa shape index (κ2) is 7.76. The van der Waals surface area contributed by atoms with Gasteiger partial charge in [0.15, 0.2) is 11.5 Å². The van der Waals surface area contributed by atoms with Crippen molar-refractivity contribution < 1.29 is 32.5 Å². The smallest absolute Gasteiger partial charge is 0.420 e. The van der Waals surface area contributed by atoms with Crippen LogP contribution in [-0.4, -0.2) is 55.1 Å². The maximum absolute atomic E-state index is 13.3. The number of hydrogen-bond acceptors (Lipinski definition) is 7. The molecule has 148 valence electrons. The van der Waals surface area contributed by atoms with Gasteiger partial charge in [0.05, 0.1) is 12.8 Å². The molecule has 0 spiro atoms. The molecule has 0 saturated carbocycles. The van der Waals surface area contributed by atoms with Crippen molar-refractivity contribution in [2.24, 2.45) is 0 Å². The molecule has 0 bridgehead atoms. The van der Waals surface area contributed by atoms with Crippen molar-refractivity contribution in [3.63, 3.8) is 0 Å². The van der Waals surface area contributed by atoms with E-state index in [1.807, 2.05) is 0 Å². The summed E-state index contributed by atoms with van der Waals surface area (Å²) in [6.07, 6.45) is -2.61. The van der Waals surface area contributed by atoms with E-state index in [4.69, 9.17) is 9.47 Å². The van der Waals surface area contributed by atoms with Crippen molar-refractivity contribution in [2.75, 3.05) is 13.2 Å². The van der Waals surface area contributed by atoms with Gasteiger partial charge in [-0.05, 0) is 19.1 Å². The fourth-order valence-electron chi connectivity index (χ4n) is 2.37. The Morgan fingerprint density at radius 1 is 1.32 bits per heavy atom. The number of halogens is 3. The minimum atomic E-state index is -4.65.